The molecule has 0 unspecified atom stereocenters. The number of aromatic nitrogens is 3. The number of rotatable bonds is 3. The molecule has 0 amide bonds. The molecular weight excluding hydrogens is 236 g/mol. The predicted molar refractivity (Wildman–Crippen MR) is 75.8 cm³/mol. The van der Waals surface area contributed by atoms with E-state index in [0.29, 0.717) is 5.92 Å². The minimum atomic E-state index is 0.710. The van der Waals surface area contributed by atoms with E-state index >= 15 is 0 Å². The number of nitrogens with one attached hydrogen (secondary N) is 1. The van der Waals surface area contributed by atoms with Gasteiger partial charge in [-0.15, -0.1) is 0 Å². The maximum absolute atomic E-state index is 4.57. The fourth-order valence-electron chi connectivity index (χ4n) is 2.76. The molecule has 0 spiro atoms. The first-order valence-corrected chi connectivity index (χ1v) is 6.98. The van der Waals surface area contributed by atoms with Gasteiger partial charge in [0.2, 0.25) is 0 Å². The third-order valence-electron chi connectivity index (χ3n) is 3.83. The van der Waals surface area contributed by atoms with Gasteiger partial charge in [-0.2, -0.15) is 0 Å². The van der Waals surface area contributed by atoms with Crippen molar-refractivity contribution in [1.29, 1.82) is 0 Å². The minimum Gasteiger partial charge on any atom is -0.328 e. The highest BCUT2D eigenvalue weighted by Crippen LogP contribution is 2.22. The molecule has 100 valence electrons. The first kappa shape index (κ1) is 12.4. The maximum atomic E-state index is 4.57. The molecule has 1 N–H and O–H groups in total. The lowest BCUT2D eigenvalue weighted by Crippen LogP contribution is -2.32. The van der Waals surface area contributed by atoms with Crippen molar-refractivity contribution in [3.8, 4) is 11.4 Å². The number of hydrogen-bond acceptors (Lipinski definition) is 3. The van der Waals surface area contributed by atoms with Crippen LogP contribution in [0.2, 0.25) is 0 Å². The fraction of sp³-hybridized carbons (Fsp3) is 0.467. The summed E-state index contributed by atoms with van der Waals surface area (Å²) in [5, 5.41) is 3.48. The van der Waals surface area contributed by atoms with Crippen molar-refractivity contribution in [2.24, 2.45) is 5.92 Å². The van der Waals surface area contributed by atoms with Crippen molar-refractivity contribution < 1.29 is 0 Å². The zero-order valence-electron chi connectivity index (χ0n) is 11.3. The summed E-state index contributed by atoms with van der Waals surface area (Å²) in [6, 6.07) is 4.05. The van der Waals surface area contributed by atoms with Gasteiger partial charge in [-0.25, -0.2) is 4.98 Å². The van der Waals surface area contributed by atoms with Crippen LogP contribution < -0.4 is 5.32 Å². The number of imidazole rings is 1. The molecule has 1 fully saturated rings. The lowest BCUT2D eigenvalue weighted by atomic mass is 9.99. The molecule has 2 aromatic heterocycles. The van der Waals surface area contributed by atoms with Crippen molar-refractivity contribution in [1.82, 2.24) is 19.9 Å². The highest BCUT2D eigenvalue weighted by molar-refractivity contribution is 5.55. The van der Waals surface area contributed by atoms with Gasteiger partial charge in [0.1, 0.15) is 5.82 Å². The van der Waals surface area contributed by atoms with Crippen molar-refractivity contribution in [2.45, 2.75) is 26.3 Å². The van der Waals surface area contributed by atoms with Crippen LogP contribution in [0.25, 0.3) is 11.4 Å². The number of pyridine rings is 1. The Labute approximate surface area is 113 Å². The van der Waals surface area contributed by atoms with E-state index in [0.717, 1.165) is 31.0 Å². The van der Waals surface area contributed by atoms with Gasteiger partial charge < -0.3 is 9.88 Å². The Bertz CT molecular complexity index is 526. The van der Waals surface area contributed by atoms with Crippen LogP contribution >= 0.6 is 0 Å². The third-order valence-corrected chi connectivity index (χ3v) is 3.83. The molecule has 0 aliphatic carbocycles. The van der Waals surface area contributed by atoms with Gasteiger partial charge in [0.25, 0.3) is 0 Å². The van der Waals surface area contributed by atoms with E-state index in [9.17, 15) is 0 Å². The molecule has 1 aliphatic heterocycles. The van der Waals surface area contributed by atoms with Crippen molar-refractivity contribution >= 4 is 0 Å². The van der Waals surface area contributed by atoms with Crippen molar-refractivity contribution in [3.05, 3.63) is 36.4 Å². The molecule has 4 heteroatoms. The average molecular weight is 256 g/mol. The van der Waals surface area contributed by atoms with Crippen molar-refractivity contribution in [3.63, 3.8) is 0 Å². The number of aryl methyl sites for hydroxylation is 1. The largest absolute Gasteiger partial charge is 0.328 e. The van der Waals surface area contributed by atoms with Crippen LogP contribution in [0.5, 0.6) is 0 Å². The van der Waals surface area contributed by atoms with Crippen LogP contribution in [0.3, 0.4) is 0 Å². The Kier molecular flexibility index (Phi) is 3.60. The standard InChI is InChI=1S/C15H20N4/c1-12-9-18-15(14-4-7-16-8-5-14)19(12)11-13-3-2-6-17-10-13/h4-5,7-9,13,17H,2-3,6,10-11H2,1H3/t13-/m0/s1. The molecule has 0 radical (unpaired) electrons. The number of piperidine rings is 1. The Hall–Kier alpha value is -1.68. The SMILES string of the molecule is Cc1cnc(-c2ccncc2)n1C[C@H]1CCCNC1. The van der Waals surface area contributed by atoms with Crippen molar-refractivity contribution in [2.75, 3.05) is 13.1 Å². The quantitative estimate of drug-likeness (QED) is 0.916. The minimum absolute atomic E-state index is 0.710. The second kappa shape index (κ2) is 5.53. The van der Waals surface area contributed by atoms with Gasteiger partial charge in [-0.1, -0.05) is 0 Å². The molecule has 0 bridgehead atoms. The number of nitrogens with zero attached hydrogens (tertiary/aromatic N) is 3. The first-order valence-electron chi connectivity index (χ1n) is 6.98. The summed E-state index contributed by atoms with van der Waals surface area (Å²) in [5.41, 5.74) is 2.38. The Morgan fingerprint density at radius 2 is 2.21 bits per heavy atom. The van der Waals surface area contributed by atoms with E-state index in [1.807, 2.05) is 30.7 Å². The summed E-state index contributed by atoms with van der Waals surface area (Å²) < 4.78 is 2.34. The topological polar surface area (TPSA) is 42.7 Å². The monoisotopic (exact) mass is 256 g/mol. The molecule has 0 saturated carbocycles. The summed E-state index contributed by atoms with van der Waals surface area (Å²) in [4.78, 5) is 8.64. The first-order chi connectivity index (χ1) is 9.34. The summed E-state index contributed by atoms with van der Waals surface area (Å²) >= 11 is 0. The Morgan fingerprint density at radius 3 is 2.95 bits per heavy atom. The Morgan fingerprint density at radius 1 is 1.37 bits per heavy atom. The second-order valence-electron chi connectivity index (χ2n) is 5.28. The van der Waals surface area contributed by atoms with Gasteiger partial charge in [-0.3, -0.25) is 4.98 Å². The highest BCUT2D eigenvalue weighted by Gasteiger charge is 2.17. The van der Waals surface area contributed by atoms with E-state index in [2.05, 4.69) is 26.8 Å². The molecule has 4 nitrogen and oxygen atoms in total. The van der Waals surface area contributed by atoms with Crippen LogP contribution in [-0.4, -0.2) is 27.6 Å². The zero-order chi connectivity index (χ0) is 13.1. The van der Waals surface area contributed by atoms with Gasteiger partial charge in [0.15, 0.2) is 0 Å². The summed E-state index contributed by atoms with van der Waals surface area (Å²) in [6.45, 7) is 5.47. The molecule has 3 heterocycles. The van der Waals surface area contributed by atoms with Crippen LogP contribution in [-0.2, 0) is 6.54 Å². The van der Waals surface area contributed by atoms with E-state index in [-0.39, 0.29) is 0 Å². The second-order valence-corrected chi connectivity index (χ2v) is 5.28. The Balaban J connectivity index is 1.86. The van der Waals surface area contributed by atoms with Gasteiger partial charge in [0, 0.05) is 36.4 Å². The molecule has 3 rings (SSSR count). The van der Waals surface area contributed by atoms with Crippen LogP contribution in [0, 0.1) is 12.8 Å². The molecule has 2 aromatic rings. The highest BCUT2D eigenvalue weighted by atomic mass is 15.1. The predicted octanol–water partition coefficient (Wildman–Crippen LogP) is 2.25. The smallest absolute Gasteiger partial charge is 0.140 e. The summed E-state index contributed by atoms with van der Waals surface area (Å²) in [6.07, 6.45) is 8.20. The lowest BCUT2D eigenvalue weighted by Gasteiger charge is -2.24. The maximum Gasteiger partial charge on any atom is 0.140 e. The zero-order valence-corrected chi connectivity index (χ0v) is 11.3. The molecule has 0 aromatic carbocycles. The van der Waals surface area contributed by atoms with E-state index in [4.69, 9.17) is 0 Å². The van der Waals surface area contributed by atoms with Crippen LogP contribution in [0.4, 0.5) is 0 Å². The molecular formula is C15H20N4. The normalized spacial score (nSPS) is 19.5. The third kappa shape index (κ3) is 2.68. The van der Waals surface area contributed by atoms with E-state index in [1.165, 1.54) is 18.5 Å². The van der Waals surface area contributed by atoms with Crippen LogP contribution in [0.15, 0.2) is 30.7 Å². The molecule has 1 saturated heterocycles. The van der Waals surface area contributed by atoms with Crippen LogP contribution in [0.1, 0.15) is 18.5 Å². The number of hydrogen-bond donors (Lipinski definition) is 1. The summed E-state index contributed by atoms with van der Waals surface area (Å²) in [5.74, 6) is 1.77. The fourth-order valence-corrected chi connectivity index (χ4v) is 2.76. The summed E-state index contributed by atoms with van der Waals surface area (Å²) in [7, 11) is 0. The molecule has 1 aliphatic rings. The average Bonchev–Trinajstić information content (AvgIpc) is 2.82. The van der Waals surface area contributed by atoms with Gasteiger partial charge in [0.05, 0.1) is 0 Å². The van der Waals surface area contributed by atoms with E-state index < -0.39 is 0 Å². The molecule has 19 heavy (non-hydrogen) atoms. The van der Waals surface area contributed by atoms with E-state index in [1.54, 1.807) is 0 Å². The van der Waals surface area contributed by atoms with Gasteiger partial charge in [-0.05, 0) is 50.9 Å². The lowest BCUT2D eigenvalue weighted by molar-refractivity contribution is 0.336. The molecule has 1 atom stereocenters. The van der Waals surface area contributed by atoms with Gasteiger partial charge >= 0.3 is 0 Å².